The number of nitrogens with zero attached hydrogens (tertiary/aromatic N) is 1. The Morgan fingerprint density at radius 3 is 2.00 bits per heavy atom. The van der Waals surface area contributed by atoms with Crippen molar-refractivity contribution in [2.75, 3.05) is 17.7 Å². The number of ether oxygens (including phenoxy) is 1. The Kier molecular flexibility index (Phi) is 5.60. The van der Waals surface area contributed by atoms with E-state index >= 15 is 0 Å². The van der Waals surface area contributed by atoms with Gasteiger partial charge in [0.15, 0.2) is 0 Å². The summed E-state index contributed by atoms with van der Waals surface area (Å²) in [6.45, 7) is -0.144. The number of carbonyl (C=O) groups excluding carboxylic acids is 1. The Hall–Kier alpha value is -2.55. The van der Waals surface area contributed by atoms with Crippen LogP contribution in [0.15, 0.2) is 48.5 Å². The molecule has 2 aromatic carbocycles. The average Bonchev–Trinajstić information content (AvgIpc) is 2.58. The van der Waals surface area contributed by atoms with Gasteiger partial charge < -0.3 is 4.74 Å². The number of hydrogen-bond acceptors (Lipinski definition) is 4. The first kappa shape index (κ1) is 19.8. The van der Waals surface area contributed by atoms with E-state index in [1.54, 1.807) is 0 Å². The molecule has 0 unspecified atom stereocenters. The highest BCUT2D eigenvalue weighted by molar-refractivity contribution is 7.92. The molecule has 0 heterocycles. The monoisotopic (exact) mass is 387 g/mol. The van der Waals surface area contributed by atoms with Crippen LogP contribution in [0, 0.1) is 0 Å². The molecular formula is C17H16F3NO4S. The molecule has 0 saturated carbocycles. The SMILES string of the molecule is COC(=O)c1ccc(N(Cc2ccc(C(F)(F)F)cc2)S(C)(=O)=O)cc1. The summed E-state index contributed by atoms with van der Waals surface area (Å²) >= 11 is 0. The van der Waals surface area contributed by atoms with Gasteiger partial charge in [-0.05, 0) is 42.0 Å². The minimum atomic E-state index is -4.46. The van der Waals surface area contributed by atoms with Crippen molar-refractivity contribution in [2.45, 2.75) is 12.7 Å². The number of anilines is 1. The molecular weight excluding hydrogens is 371 g/mol. The van der Waals surface area contributed by atoms with E-state index in [1.165, 1.54) is 43.5 Å². The summed E-state index contributed by atoms with van der Waals surface area (Å²) in [6, 6.07) is 9.92. The van der Waals surface area contributed by atoms with Crippen molar-refractivity contribution in [3.8, 4) is 0 Å². The van der Waals surface area contributed by atoms with Gasteiger partial charge in [0.1, 0.15) is 0 Å². The van der Waals surface area contributed by atoms with Crippen molar-refractivity contribution in [2.24, 2.45) is 0 Å². The molecule has 26 heavy (non-hydrogen) atoms. The summed E-state index contributed by atoms with van der Waals surface area (Å²) in [7, 11) is -2.47. The van der Waals surface area contributed by atoms with E-state index in [1.807, 2.05) is 0 Å². The molecule has 0 spiro atoms. The van der Waals surface area contributed by atoms with Crippen LogP contribution in [0.5, 0.6) is 0 Å². The molecule has 9 heteroatoms. The minimum Gasteiger partial charge on any atom is -0.465 e. The third-order valence-corrected chi connectivity index (χ3v) is 4.72. The Balaban J connectivity index is 2.30. The molecule has 5 nitrogen and oxygen atoms in total. The van der Waals surface area contributed by atoms with E-state index in [2.05, 4.69) is 4.74 Å². The molecule has 0 N–H and O–H groups in total. The van der Waals surface area contributed by atoms with Crippen molar-refractivity contribution in [3.63, 3.8) is 0 Å². The van der Waals surface area contributed by atoms with E-state index in [0.717, 1.165) is 22.7 Å². The van der Waals surface area contributed by atoms with Crippen LogP contribution in [0.2, 0.25) is 0 Å². The van der Waals surface area contributed by atoms with E-state index in [9.17, 15) is 26.4 Å². The third kappa shape index (κ3) is 4.75. The molecule has 0 aliphatic heterocycles. The summed E-state index contributed by atoms with van der Waals surface area (Å²) in [6.07, 6.45) is -3.47. The van der Waals surface area contributed by atoms with Crippen LogP contribution >= 0.6 is 0 Å². The predicted molar refractivity (Wildman–Crippen MR) is 90.3 cm³/mol. The van der Waals surface area contributed by atoms with Crippen LogP contribution in [0.4, 0.5) is 18.9 Å². The second kappa shape index (κ2) is 7.36. The van der Waals surface area contributed by atoms with Gasteiger partial charge in [-0.1, -0.05) is 12.1 Å². The van der Waals surface area contributed by atoms with Gasteiger partial charge in [0.25, 0.3) is 0 Å². The highest BCUT2D eigenvalue weighted by Gasteiger charge is 2.30. The second-order valence-electron chi connectivity index (χ2n) is 5.50. The quantitative estimate of drug-likeness (QED) is 0.737. The third-order valence-electron chi connectivity index (χ3n) is 3.58. The maximum Gasteiger partial charge on any atom is 0.416 e. The molecule has 0 aromatic heterocycles. The lowest BCUT2D eigenvalue weighted by molar-refractivity contribution is -0.137. The van der Waals surface area contributed by atoms with Gasteiger partial charge in [-0.2, -0.15) is 13.2 Å². The Bertz CT molecular complexity index is 876. The van der Waals surface area contributed by atoms with E-state index in [0.29, 0.717) is 5.56 Å². The van der Waals surface area contributed by atoms with Crippen molar-refractivity contribution in [1.29, 1.82) is 0 Å². The lowest BCUT2D eigenvalue weighted by Crippen LogP contribution is -2.29. The smallest absolute Gasteiger partial charge is 0.416 e. The zero-order valence-corrected chi connectivity index (χ0v) is 14.8. The predicted octanol–water partition coefficient (Wildman–Crippen LogP) is 3.46. The number of methoxy groups -OCH3 is 1. The molecule has 2 aromatic rings. The molecule has 140 valence electrons. The van der Waals surface area contributed by atoms with E-state index in [-0.39, 0.29) is 17.8 Å². The maximum atomic E-state index is 12.6. The number of hydrogen-bond donors (Lipinski definition) is 0. The molecule has 0 saturated heterocycles. The fraction of sp³-hybridized carbons (Fsp3) is 0.235. The largest absolute Gasteiger partial charge is 0.465 e. The van der Waals surface area contributed by atoms with E-state index < -0.39 is 27.7 Å². The number of carbonyl (C=O) groups is 1. The fourth-order valence-corrected chi connectivity index (χ4v) is 3.13. The van der Waals surface area contributed by atoms with Crippen molar-refractivity contribution >= 4 is 21.7 Å². The highest BCUT2D eigenvalue weighted by atomic mass is 32.2. The molecule has 0 aliphatic carbocycles. The lowest BCUT2D eigenvalue weighted by atomic mass is 10.1. The van der Waals surface area contributed by atoms with Gasteiger partial charge in [-0.3, -0.25) is 4.31 Å². The zero-order chi connectivity index (χ0) is 19.5. The van der Waals surface area contributed by atoms with Gasteiger partial charge in [0, 0.05) is 0 Å². The Morgan fingerprint density at radius 2 is 1.58 bits per heavy atom. The second-order valence-corrected chi connectivity index (χ2v) is 7.41. The van der Waals surface area contributed by atoms with Gasteiger partial charge in [-0.15, -0.1) is 0 Å². The van der Waals surface area contributed by atoms with Crippen LogP contribution in [-0.2, 0) is 27.5 Å². The zero-order valence-electron chi connectivity index (χ0n) is 13.9. The van der Waals surface area contributed by atoms with Crippen LogP contribution < -0.4 is 4.31 Å². The summed E-state index contributed by atoms with van der Waals surface area (Å²) in [4.78, 5) is 11.4. The van der Waals surface area contributed by atoms with Crippen molar-refractivity contribution in [3.05, 3.63) is 65.2 Å². The highest BCUT2D eigenvalue weighted by Crippen LogP contribution is 2.29. The van der Waals surface area contributed by atoms with Gasteiger partial charge in [-0.25, -0.2) is 13.2 Å². The molecule has 0 aliphatic rings. The Morgan fingerprint density at radius 1 is 1.04 bits per heavy atom. The molecule has 2 rings (SSSR count). The maximum absolute atomic E-state index is 12.6. The summed E-state index contributed by atoms with van der Waals surface area (Å²) < 4.78 is 67.7. The van der Waals surface area contributed by atoms with Crippen LogP contribution in [0.3, 0.4) is 0 Å². The van der Waals surface area contributed by atoms with Gasteiger partial charge >= 0.3 is 12.1 Å². The first-order chi connectivity index (χ1) is 12.0. The summed E-state index contributed by atoms with van der Waals surface area (Å²) in [5.41, 5.74) is 0.106. The molecule has 0 fully saturated rings. The van der Waals surface area contributed by atoms with Crippen molar-refractivity contribution < 1.29 is 31.1 Å². The molecule has 0 amide bonds. The van der Waals surface area contributed by atoms with E-state index in [4.69, 9.17) is 0 Å². The fourth-order valence-electron chi connectivity index (χ4n) is 2.25. The number of sulfonamides is 1. The van der Waals surface area contributed by atoms with Crippen LogP contribution in [-0.4, -0.2) is 27.8 Å². The number of benzene rings is 2. The first-order valence-corrected chi connectivity index (χ1v) is 9.19. The molecule has 0 bridgehead atoms. The van der Waals surface area contributed by atoms with Crippen LogP contribution in [0.25, 0.3) is 0 Å². The standard InChI is InChI=1S/C17H16F3NO4S/c1-25-16(22)13-5-9-15(10-6-13)21(26(2,23)24)11-12-3-7-14(8-4-12)17(18,19)20/h3-10H,11H2,1-2H3. The van der Waals surface area contributed by atoms with Crippen LogP contribution in [0.1, 0.15) is 21.5 Å². The first-order valence-electron chi connectivity index (χ1n) is 7.34. The van der Waals surface area contributed by atoms with Gasteiger partial charge in [0.2, 0.25) is 10.0 Å². The van der Waals surface area contributed by atoms with Crippen molar-refractivity contribution in [1.82, 2.24) is 0 Å². The average molecular weight is 387 g/mol. The van der Waals surface area contributed by atoms with Gasteiger partial charge in [0.05, 0.1) is 36.7 Å². The lowest BCUT2D eigenvalue weighted by Gasteiger charge is -2.23. The number of alkyl halides is 3. The molecule has 0 radical (unpaired) electrons. The number of esters is 1. The topological polar surface area (TPSA) is 63.7 Å². The number of halogens is 3. The number of rotatable bonds is 5. The summed E-state index contributed by atoms with van der Waals surface area (Å²) in [5.74, 6) is -0.565. The normalized spacial score (nSPS) is 11.9. The minimum absolute atomic E-state index is 0.144. The summed E-state index contributed by atoms with van der Waals surface area (Å²) in [5, 5.41) is 0. The Labute approximate surface area is 149 Å². The molecule has 0 atom stereocenters.